The van der Waals surface area contributed by atoms with E-state index in [1.165, 1.54) is 31.6 Å². The summed E-state index contributed by atoms with van der Waals surface area (Å²) >= 11 is 5.46. The number of hydrogen-bond acceptors (Lipinski definition) is 3. The Kier molecular flexibility index (Phi) is 8.44. The number of hydrogen-bond donors (Lipinski definition) is 1. The van der Waals surface area contributed by atoms with E-state index in [0.29, 0.717) is 11.7 Å². The van der Waals surface area contributed by atoms with Crippen molar-refractivity contribution in [2.24, 2.45) is 0 Å². The monoisotopic (exact) mass is 408 g/mol. The average Bonchev–Trinajstić information content (AvgIpc) is 2.68. The molecule has 0 bridgehead atoms. The molecule has 0 spiro atoms. The number of rotatable bonds is 9. The molecule has 0 aliphatic rings. The number of ether oxygens (including phenoxy) is 2. The Morgan fingerprint density at radius 2 is 1.79 bits per heavy atom. The third-order valence-corrected chi connectivity index (χ3v) is 4.65. The number of nitrogens with zero attached hydrogens (tertiary/aromatic N) is 1. The van der Waals surface area contributed by atoms with Crippen LogP contribution in [0.5, 0.6) is 11.5 Å². The van der Waals surface area contributed by atoms with Crippen molar-refractivity contribution in [3.8, 4) is 11.5 Å². The average molecular weight is 409 g/mol. The smallest absolute Gasteiger partial charge is 0.387 e. The van der Waals surface area contributed by atoms with E-state index in [-0.39, 0.29) is 11.5 Å². The number of nitrogens with one attached hydrogen (secondary N) is 1. The van der Waals surface area contributed by atoms with Gasteiger partial charge in [-0.1, -0.05) is 31.5 Å². The van der Waals surface area contributed by atoms with Crippen LogP contribution in [0, 0.1) is 0 Å². The maximum atomic E-state index is 12.4. The highest BCUT2D eigenvalue weighted by Gasteiger charge is 2.13. The maximum Gasteiger partial charge on any atom is 0.387 e. The topological polar surface area (TPSA) is 33.7 Å². The first kappa shape index (κ1) is 21.9. The molecule has 0 atom stereocenters. The molecule has 0 radical (unpaired) electrons. The van der Waals surface area contributed by atoms with E-state index < -0.39 is 6.61 Å². The van der Waals surface area contributed by atoms with Crippen molar-refractivity contribution >= 4 is 23.0 Å². The van der Waals surface area contributed by atoms with Crippen LogP contribution in [0.25, 0.3) is 0 Å². The molecular weight excluding hydrogens is 382 g/mol. The first-order valence-electron chi connectivity index (χ1n) is 9.15. The molecule has 2 aromatic rings. The van der Waals surface area contributed by atoms with E-state index in [9.17, 15) is 8.78 Å². The van der Waals surface area contributed by atoms with Crippen LogP contribution in [-0.4, -0.2) is 30.8 Å². The Bertz CT molecular complexity index is 770. The van der Waals surface area contributed by atoms with Crippen LogP contribution in [0.2, 0.25) is 0 Å². The van der Waals surface area contributed by atoms with Gasteiger partial charge in [0.2, 0.25) is 0 Å². The summed E-state index contributed by atoms with van der Waals surface area (Å²) in [6.45, 7) is -0.224. The van der Waals surface area contributed by atoms with Crippen LogP contribution in [0.3, 0.4) is 0 Å². The Hall–Kier alpha value is -2.41. The van der Waals surface area contributed by atoms with Crippen LogP contribution in [0.15, 0.2) is 42.5 Å². The molecule has 0 aliphatic heterocycles. The minimum atomic E-state index is -2.90. The van der Waals surface area contributed by atoms with Crippen molar-refractivity contribution in [1.29, 1.82) is 0 Å². The summed E-state index contributed by atoms with van der Waals surface area (Å²) in [4.78, 5) is 1.86. The summed E-state index contributed by atoms with van der Waals surface area (Å²) in [6, 6.07) is 13.1. The SMILES string of the molecule is CCCCc1ccc(NC(=S)N(C)Cc2ccc(OC(F)F)c(OC)c2)cc1. The highest BCUT2D eigenvalue weighted by atomic mass is 32.1. The van der Waals surface area contributed by atoms with Gasteiger partial charge in [-0.05, 0) is 60.5 Å². The summed E-state index contributed by atoms with van der Waals surface area (Å²) in [5, 5.41) is 3.78. The minimum Gasteiger partial charge on any atom is -0.493 e. The van der Waals surface area contributed by atoms with Gasteiger partial charge in [0.25, 0.3) is 0 Å². The van der Waals surface area contributed by atoms with Crippen molar-refractivity contribution in [2.75, 3.05) is 19.5 Å². The van der Waals surface area contributed by atoms with Crippen LogP contribution >= 0.6 is 12.2 Å². The largest absolute Gasteiger partial charge is 0.493 e. The molecule has 28 heavy (non-hydrogen) atoms. The second kappa shape index (κ2) is 10.8. The van der Waals surface area contributed by atoms with Crippen LogP contribution < -0.4 is 14.8 Å². The van der Waals surface area contributed by atoms with Gasteiger partial charge in [0.1, 0.15) is 0 Å². The van der Waals surface area contributed by atoms with Gasteiger partial charge in [0, 0.05) is 19.3 Å². The summed E-state index contributed by atoms with van der Waals surface area (Å²) in [7, 11) is 3.28. The maximum absolute atomic E-state index is 12.4. The van der Waals surface area contributed by atoms with Crippen molar-refractivity contribution in [1.82, 2.24) is 4.90 Å². The molecule has 2 aromatic carbocycles. The summed E-state index contributed by atoms with van der Waals surface area (Å²) < 4.78 is 34.5. The van der Waals surface area contributed by atoms with Crippen LogP contribution in [0.4, 0.5) is 14.5 Å². The molecule has 0 amide bonds. The van der Waals surface area contributed by atoms with Gasteiger partial charge in [-0.15, -0.1) is 0 Å². The highest BCUT2D eigenvalue weighted by molar-refractivity contribution is 7.80. The minimum absolute atomic E-state index is 0.00719. The number of aryl methyl sites for hydroxylation is 1. The molecule has 0 aliphatic carbocycles. The number of anilines is 1. The number of methoxy groups -OCH3 is 1. The lowest BCUT2D eigenvalue weighted by Gasteiger charge is -2.22. The Labute approximate surface area is 170 Å². The third kappa shape index (κ3) is 6.64. The fourth-order valence-electron chi connectivity index (χ4n) is 2.70. The first-order chi connectivity index (χ1) is 13.4. The molecule has 0 fully saturated rings. The van der Waals surface area contributed by atoms with Crippen LogP contribution in [0.1, 0.15) is 30.9 Å². The van der Waals surface area contributed by atoms with E-state index >= 15 is 0 Å². The Morgan fingerprint density at radius 3 is 2.39 bits per heavy atom. The molecule has 4 nitrogen and oxygen atoms in total. The second-order valence-electron chi connectivity index (χ2n) is 6.45. The van der Waals surface area contributed by atoms with Crippen molar-refractivity contribution in [2.45, 2.75) is 39.3 Å². The van der Waals surface area contributed by atoms with E-state index in [0.717, 1.165) is 17.7 Å². The fraction of sp³-hybridized carbons (Fsp3) is 0.381. The van der Waals surface area contributed by atoms with Gasteiger partial charge < -0.3 is 19.7 Å². The molecule has 0 heterocycles. The lowest BCUT2D eigenvalue weighted by Crippen LogP contribution is -2.30. The normalized spacial score (nSPS) is 10.6. The lowest BCUT2D eigenvalue weighted by molar-refractivity contribution is -0.0512. The number of unbranched alkanes of at least 4 members (excludes halogenated alkanes) is 1. The zero-order valence-corrected chi connectivity index (χ0v) is 17.2. The number of thiocarbonyl (C=S) groups is 1. The van der Waals surface area contributed by atoms with Gasteiger partial charge in [-0.3, -0.25) is 0 Å². The van der Waals surface area contributed by atoms with Crippen molar-refractivity contribution < 1.29 is 18.3 Å². The van der Waals surface area contributed by atoms with E-state index in [1.807, 2.05) is 24.1 Å². The van der Waals surface area contributed by atoms with E-state index in [4.69, 9.17) is 17.0 Å². The number of halogens is 2. The molecule has 7 heteroatoms. The number of benzene rings is 2. The third-order valence-electron chi connectivity index (χ3n) is 4.23. The van der Waals surface area contributed by atoms with E-state index in [2.05, 4.69) is 29.1 Å². The highest BCUT2D eigenvalue weighted by Crippen LogP contribution is 2.29. The predicted octanol–water partition coefficient (Wildman–Crippen LogP) is 5.47. The molecule has 0 saturated carbocycles. The summed E-state index contributed by atoms with van der Waals surface area (Å²) in [5.74, 6) is 0.264. The molecule has 2 rings (SSSR count). The molecule has 152 valence electrons. The fourth-order valence-corrected chi connectivity index (χ4v) is 2.89. The zero-order valence-electron chi connectivity index (χ0n) is 16.4. The lowest BCUT2D eigenvalue weighted by atomic mass is 10.1. The summed E-state index contributed by atoms with van der Waals surface area (Å²) in [5.41, 5.74) is 3.10. The van der Waals surface area contributed by atoms with Crippen LogP contribution in [-0.2, 0) is 13.0 Å². The van der Waals surface area contributed by atoms with Crippen molar-refractivity contribution in [3.63, 3.8) is 0 Å². The zero-order chi connectivity index (χ0) is 20.5. The van der Waals surface area contributed by atoms with Gasteiger partial charge in [0.05, 0.1) is 7.11 Å². The Balaban J connectivity index is 1.96. The molecule has 1 N–H and O–H groups in total. The van der Waals surface area contributed by atoms with Gasteiger partial charge in [-0.2, -0.15) is 8.78 Å². The first-order valence-corrected chi connectivity index (χ1v) is 9.56. The second-order valence-corrected chi connectivity index (χ2v) is 6.84. The van der Waals surface area contributed by atoms with Crippen molar-refractivity contribution in [3.05, 3.63) is 53.6 Å². The summed E-state index contributed by atoms with van der Waals surface area (Å²) in [6.07, 6.45) is 3.43. The van der Waals surface area contributed by atoms with Gasteiger partial charge in [0.15, 0.2) is 16.6 Å². The Morgan fingerprint density at radius 1 is 1.11 bits per heavy atom. The predicted molar refractivity (Wildman–Crippen MR) is 112 cm³/mol. The molecule has 0 unspecified atom stereocenters. The van der Waals surface area contributed by atoms with Gasteiger partial charge >= 0.3 is 6.61 Å². The quantitative estimate of drug-likeness (QED) is 0.557. The number of alkyl halides is 2. The standard InChI is InChI=1S/C21H26F2N2O2S/c1-4-5-6-15-7-10-17(11-8-15)24-21(28)25(2)14-16-9-12-18(27-20(22)23)19(13-16)26-3/h7-13,20H,4-6,14H2,1-3H3,(H,24,28). The molecule has 0 saturated heterocycles. The molecular formula is C21H26F2N2O2S. The van der Waals surface area contributed by atoms with Gasteiger partial charge in [-0.25, -0.2) is 0 Å². The molecule has 0 aromatic heterocycles. The van der Waals surface area contributed by atoms with E-state index in [1.54, 1.807) is 12.1 Å².